The molecule has 3 aromatic rings. The third-order valence-corrected chi connectivity index (χ3v) is 8.50. The van der Waals surface area contributed by atoms with E-state index in [4.69, 9.17) is 21.7 Å². The number of hydrogen-bond acceptors (Lipinski definition) is 5. The summed E-state index contributed by atoms with van der Waals surface area (Å²) in [7, 11) is 0. The molecule has 0 saturated carbocycles. The van der Waals surface area contributed by atoms with Gasteiger partial charge in [0.15, 0.2) is 0 Å². The van der Waals surface area contributed by atoms with Crippen LogP contribution >= 0.6 is 11.6 Å². The molecule has 0 spiro atoms. The largest absolute Gasteiger partial charge is 0.466 e. The Morgan fingerprint density at radius 1 is 0.929 bits per heavy atom. The van der Waals surface area contributed by atoms with Gasteiger partial charge in [-0.2, -0.15) is 0 Å². The molecule has 0 aliphatic carbocycles. The van der Waals surface area contributed by atoms with Gasteiger partial charge in [-0.1, -0.05) is 84.4 Å². The fraction of sp³-hybridized carbons (Fsp3) is 0.382. The number of benzene rings is 3. The molecule has 8 heteroatoms. The molecule has 7 nitrogen and oxygen atoms in total. The molecule has 0 unspecified atom stereocenters. The van der Waals surface area contributed by atoms with Crippen LogP contribution in [0.15, 0.2) is 84.9 Å². The Morgan fingerprint density at radius 3 is 2.05 bits per heavy atom. The standard InChI is InChI=1S/C34H40ClN3O4/c1-2-42-32(40)18-17-31(39)37-25-33(26-9-5-3-6-10-26,27-11-7-4-8-12-27)20-19-30(36)38-23-21-34(41,22-24-38)28-13-15-29(35)16-14-28/h3-16,36,41H,2,17-25H2,1H3,(H,37,39). The number of halogens is 1. The lowest BCUT2D eigenvalue weighted by Crippen LogP contribution is -2.46. The molecule has 1 heterocycles. The molecular formula is C34H40ClN3O4. The van der Waals surface area contributed by atoms with E-state index in [-0.39, 0.29) is 31.3 Å². The lowest BCUT2D eigenvalue weighted by atomic mass is 9.71. The van der Waals surface area contributed by atoms with Gasteiger partial charge in [0.25, 0.3) is 0 Å². The molecule has 222 valence electrons. The first kappa shape index (κ1) is 31.3. The van der Waals surface area contributed by atoms with Crippen molar-refractivity contribution in [3.05, 3.63) is 107 Å². The smallest absolute Gasteiger partial charge is 0.306 e. The summed E-state index contributed by atoms with van der Waals surface area (Å²) in [4.78, 5) is 26.7. The molecule has 42 heavy (non-hydrogen) atoms. The molecule has 1 amide bonds. The first-order valence-electron chi connectivity index (χ1n) is 14.6. The van der Waals surface area contributed by atoms with Gasteiger partial charge < -0.3 is 20.1 Å². The normalized spacial score (nSPS) is 14.7. The van der Waals surface area contributed by atoms with Gasteiger partial charge in [0.05, 0.1) is 24.5 Å². The van der Waals surface area contributed by atoms with E-state index < -0.39 is 11.0 Å². The van der Waals surface area contributed by atoms with Gasteiger partial charge in [0.2, 0.25) is 5.91 Å². The maximum Gasteiger partial charge on any atom is 0.306 e. The average molecular weight is 590 g/mol. The van der Waals surface area contributed by atoms with Crippen molar-refractivity contribution in [1.82, 2.24) is 10.2 Å². The number of piperidine rings is 1. The second-order valence-electron chi connectivity index (χ2n) is 10.9. The number of rotatable bonds is 12. The summed E-state index contributed by atoms with van der Waals surface area (Å²) < 4.78 is 4.97. The molecule has 4 rings (SSSR count). The molecule has 0 atom stereocenters. The van der Waals surface area contributed by atoms with Crippen LogP contribution in [-0.4, -0.2) is 54.0 Å². The van der Waals surface area contributed by atoms with Crippen LogP contribution < -0.4 is 5.32 Å². The predicted octanol–water partition coefficient (Wildman–Crippen LogP) is 5.83. The minimum absolute atomic E-state index is 0.0331. The molecule has 1 saturated heterocycles. The van der Waals surface area contributed by atoms with Crippen molar-refractivity contribution in [2.24, 2.45) is 0 Å². The summed E-state index contributed by atoms with van der Waals surface area (Å²) in [5, 5.41) is 24.0. The molecule has 0 bridgehead atoms. The summed E-state index contributed by atoms with van der Waals surface area (Å²) in [5.74, 6) is -0.0899. The molecule has 0 aromatic heterocycles. The summed E-state index contributed by atoms with van der Waals surface area (Å²) in [6.45, 7) is 3.51. The van der Waals surface area contributed by atoms with Crippen LogP contribution in [0.3, 0.4) is 0 Å². The van der Waals surface area contributed by atoms with Gasteiger partial charge in [-0.3, -0.25) is 15.0 Å². The van der Waals surface area contributed by atoms with Crippen molar-refractivity contribution in [3.8, 4) is 0 Å². The number of likely N-dealkylation sites (tertiary alicyclic amines) is 1. The third kappa shape index (κ3) is 7.78. The Bertz CT molecular complexity index is 1280. The Balaban J connectivity index is 1.49. The quantitative estimate of drug-likeness (QED) is 0.140. The number of nitrogens with one attached hydrogen (secondary N) is 2. The minimum Gasteiger partial charge on any atom is -0.466 e. The number of carbonyl (C=O) groups excluding carboxylic acids is 2. The maximum atomic E-state index is 12.8. The fourth-order valence-electron chi connectivity index (χ4n) is 5.73. The first-order valence-corrected chi connectivity index (χ1v) is 15.0. The van der Waals surface area contributed by atoms with E-state index in [1.165, 1.54) is 0 Å². The van der Waals surface area contributed by atoms with Gasteiger partial charge in [0, 0.05) is 42.9 Å². The van der Waals surface area contributed by atoms with Crippen LogP contribution in [0.5, 0.6) is 0 Å². The fourth-order valence-corrected chi connectivity index (χ4v) is 5.86. The third-order valence-electron chi connectivity index (χ3n) is 8.24. The van der Waals surface area contributed by atoms with Crippen LogP contribution in [0.1, 0.15) is 62.1 Å². The predicted molar refractivity (Wildman–Crippen MR) is 166 cm³/mol. The number of carbonyl (C=O) groups is 2. The van der Waals surface area contributed by atoms with Crippen LogP contribution in [0.4, 0.5) is 0 Å². The van der Waals surface area contributed by atoms with Crippen molar-refractivity contribution >= 4 is 29.3 Å². The Labute approximate surface area is 253 Å². The van der Waals surface area contributed by atoms with E-state index >= 15 is 0 Å². The van der Waals surface area contributed by atoms with Crippen molar-refractivity contribution in [1.29, 1.82) is 5.41 Å². The molecule has 3 N–H and O–H groups in total. The molecule has 0 radical (unpaired) electrons. The number of hydrogen-bond donors (Lipinski definition) is 3. The monoisotopic (exact) mass is 589 g/mol. The summed E-state index contributed by atoms with van der Waals surface area (Å²) >= 11 is 6.04. The van der Waals surface area contributed by atoms with Gasteiger partial charge in [-0.15, -0.1) is 0 Å². The summed E-state index contributed by atoms with van der Waals surface area (Å²) in [6, 6.07) is 27.5. The number of amides is 1. The Hall–Kier alpha value is -3.68. The second kappa shape index (κ2) is 14.5. The number of aliphatic hydroxyl groups is 1. The molecule has 1 aliphatic heterocycles. The van der Waals surface area contributed by atoms with Crippen molar-refractivity contribution in [2.45, 2.75) is 56.5 Å². The lowest BCUT2D eigenvalue weighted by Gasteiger charge is -2.41. The van der Waals surface area contributed by atoms with E-state index in [0.717, 1.165) is 16.7 Å². The highest BCUT2D eigenvalue weighted by atomic mass is 35.5. The van der Waals surface area contributed by atoms with Crippen LogP contribution in [0.2, 0.25) is 5.02 Å². The average Bonchev–Trinajstić information content (AvgIpc) is 3.02. The van der Waals surface area contributed by atoms with Gasteiger partial charge in [-0.05, 0) is 55.0 Å². The molecule has 1 fully saturated rings. The molecule has 3 aromatic carbocycles. The van der Waals surface area contributed by atoms with E-state index in [0.29, 0.717) is 56.2 Å². The SMILES string of the molecule is CCOC(=O)CCC(=O)NCC(CCC(=N)N1CCC(O)(c2ccc(Cl)cc2)CC1)(c1ccccc1)c1ccccc1. The highest BCUT2D eigenvalue weighted by Gasteiger charge is 2.37. The number of amidine groups is 1. The van der Waals surface area contributed by atoms with E-state index in [9.17, 15) is 14.7 Å². The lowest BCUT2D eigenvalue weighted by molar-refractivity contribution is -0.144. The van der Waals surface area contributed by atoms with Crippen molar-refractivity contribution in [2.75, 3.05) is 26.2 Å². The number of ether oxygens (including phenoxy) is 1. The highest BCUT2D eigenvalue weighted by molar-refractivity contribution is 6.30. The molecular weight excluding hydrogens is 550 g/mol. The van der Waals surface area contributed by atoms with Crippen LogP contribution in [0, 0.1) is 5.41 Å². The zero-order valence-electron chi connectivity index (χ0n) is 24.2. The number of nitrogens with zero attached hydrogens (tertiary/aromatic N) is 1. The van der Waals surface area contributed by atoms with E-state index in [1.54, 1.807) is 19.1 Å². The second-order valence-corrected chi connectivity index (χ2v) is 11.3. The first-order chi connectivity index (χ1) is 20.3. The zero-order chi connectivity index (χ0) is 30.0. The summed E-state index contributed by atoms with van der Waals surface area (Å²) in [6.07, 6.45) is 2.22. The Morgan fingerprint density at radius 2 is 1.50 bits per heavy atom. The van der Waals surface area contributed by atoms with Crippen LogP contribution in [0.25, 0.3) is 0 Å². The minimum atomic E-state index is -0.937. The van der Waals surface area contributed by atoms with Crippen molar-refractivity contribution < 1.29 is 19.4 Å². The highest BCUT2D eigenvalue weighted by Crippen LogP contribution is 2.38. The molecule has 1 aliphatic rings. The zero-order valence-corrected chi connectivity index (χ0v) is 24.9. The van der Waals surface area contributed by atoms with Gasteiger partial charge >= 0.3 is 5.97 Å². The van der Waals surface area contributed by atoms with Crippen LogP contribution in [-0.2, 0) is 25.3 Å². The Kier molecular flexibility index (Phi) is 10.8. The topological polar surface area (TPSA) is 103 Å². The number of esters is 1. The van der Waals surface area contributed by atoms with Gasteiger partial charge in [0.1, 0.15) is 0 Å². The van der Waals surface area contributed by atoms with Gasteiger partial charge in [-0.25, -0.2) is 0 Å². The maximum absolute atomic E-state index is 12.8. The van der Waals surface area contributed by atoms with Crippen molar-refractivity contribution in [3.63, 3.8) is 0 Å². The van der Waals surface area contributed by atoms with E-state index in [2.05, 4.69) is 29.6 Å². The summed E-state index contributed by atoms with van der Waals surface area (Å²) in [5.41, 5.74) is 1.42. The van der Waals surface area contributed by atoms with E-state index in [1.807, 2.05) is 53.4 Å².